The van der Waals surface area contributed by atoms with Crippen molar-refractivity contribution in [1.82, 2.24) is 4.90 Å². The summed E-state index contributed by atoms with van der Waals surface area (Å²) >= 11 is 6.12. The largest absolute Gasteiger partial charge is 0.320 e. The lowest BCUT2D eigenvalue weighted by atomic mass is 10.1. The van der Waals surface area contributed by atoms with E-state index in [1.54, 1.807) is 35.2 Å². The zero-order chi connectivity index (χ0) is 20.1. The molecule has 6 heteroatoms. The summed E-state index contributed by atoms with van der Waals surface area (Å²) in [6.45, 7) is 7.32. The van der Waals surface area contributed by atoms with Gasteiger partial charge in [-0.2, -0.15) is 0 Å². The molecule has 0 atom stereocenters. The molecule has 0 fully saturated rings. The molecule has 0 unspecified atom stereocenters. The number of para-hydroxylation sites is 1. The van der Waals surface area contributed by atoms with Gasteiger partial charge in [-0.1, -0.05) is 37.6 Å². The summed E-state index contributed by atoms with van der Waals surface area (Å²) in [6.07, 6.45) is 2.19. The van der Waals surface area contributed by atoms with Gasteiger partial charge in [0.05, 0.1) is 22.6 Å². The van der Waals surface area contributed by atoms with Crippen molar-refractivity contribution < 1.29 is 9.59 Å². The van der Waals surface area contributed by atoms with Crippen molar-refractivity contribution >= 4 is 40.5 Å². The first-order valence-electron chi connectivity index (χ1n) is 9.80. The SMILES string of the molecule is CCN(CC)CCCCC(=O)N1c2ccc(Cl)cc2NC(=O)c2ccccc21. The number of carbonyl (C=O) groups excluding carboxylic acids is 2. The number of fused-ring (bicyclic) bond motifs is 2. The first kappa shape index (κ1) is 20.4. The average Bonchev–Trinajstić information content (AvgIpc) is 2.81. The number of benzene rings is 2. The summed E-state index contributed by atoms with van der Waals surface area (Å²) in [5.74, 6) is -0.261. The molecule has 0 saturated carbocycles. The fourth-order valence-electron chi connectivity index (χ4n) is 3.52. The first-order chi connectivity index (χ1) is 13.5. The minimum atomic E-state index is -0.240. The molecule has 28 heavy (non-hydrogen) atoms. The molecular weight excluding hydrogens is 374 g/mol. The van der Waals surface area contributed by atoms with Crippen LogP contribution in [0.15, 0.2) is 42.5 Å². The lowest BCUT2D eigenvalue weighted by Crippen LogP contribution is -2.27. The fourth-order valence-corrected chi connectivity index (χ4v) is 3.69. The number of unbranched alkanes of at least 4 members (excludes halogenated alkanes) is 1. The Morgan fingerprint density at radius 2 is 1.82 bits per heavy atom. The van der Waals surface area contributed by atoms with E-state index in [4.69, 9.17) is 11.6 Å². The normalized spacial score (nSPS) is 13.0. The number of carbonyl (C=O) groups is 2. The number of amides is 2. The zero-order valence-electron chi connectivity index (χ0n) is 16.4. The van der Waals surface area contributed by atoms with Crippen molar-refractivity contribution in [2.24, 2.45) is 0 Å². The minimum absolute atomic E-state index is 0.0212. The number of hydrogen-bond donors (Lipinski definition) is 1. The third-order valence-corrected chi connectivity index (χ3v) is 5.33. The molecule has 1 heterocycles. The number of nitrogens with one attached hydrogen (secondary N) is 1. The predicted octanol–water partition coefficient (Wildman–Crippen LogP) is 5.08. The molecule has 0 bridgehead atoms. The van der Waals surface area contributed by atoms with Gasteiger partial charge in [-0.25, -0.2) is 0 Å². The highest BCUT2D eigenvalue weighted by atomic mass is 35.5. The number of anilines is 3. The van der Waals surface area contributed by atoms with Gasteiger partial charge in [-0.05, 0) is 62.8 Å². The molecule has 3 rings (SSSR count). The van der Waals surface area contributed by atoms with E-state index >= 15 is 0 Å². The monoisotopic (exact) mass is 399 g/mol. The highest BCUT2D eigenvalue weighted by Gasteiger charge is 2.28. The summed E-state index contributed by atoms with van der Waals surface area (Å²) in [7, 11) is 0. The molecule has 1 aliphatic rings. The van der Waals surface area contributed by atoms with Crippen molar-refractivity contribution in [1.29, 1.82) is 0 Å². The van der Waals surface area contributed by atoms with E-state index in [2.05, 4.69) is 24.1 Å². The van der Waals surface area contributed by atoms with Crippen LogP contribution in [0.25, 0.3) is 0 Å². The molecule has 5 nitrogen and oxygen atoms in total. The maximum Gasteiger partial charge on any atom is 0.257 e. The Morgan fingerprint density at radius 3 is 2.57 bits per heavy atom. The van der Waals surface area contributed by atoms with E-state index in [9.17, 15) is 9.59 Å². The second kappa shape index (κ2) is 9.22. The van der Waals surface area contributed by atoms with Crippen LogP contribution in [0.3, 0.4) is 0 Å². The summed E-state index contributed by atoms with van der Waals surface area (Å²) in [4.78, 5) is 29.8. The molecular formula is C22H26ClN3O2. The van der Waals surface area contributed by atoms with Crippen LogP contribution in [0.5, 0.6) is 0 Å². The predicted molar refractivity (Wildman–Crippen MR) is 115 cm³/mol. The Bertz CT molecular complexity index is 865. The molecule has 1 aliphatic heterocycles. The molecule has 2 amide bonds. The van der Waals surface area contributed by atoms with Crippen LogP contribution >= 0.6 is 11.6 Å². The molecule has 2 aromatic rings. The third-order valence-electron chi connectivity index (χ3n) is 5.10. The zero-order valence-corrected chi connectivity index (χ0v) is 17.1. The Morgan fingerprint density at radius 1 is 1.07 bits per heavy atom. The second-order valence-corrected chi connectivity index (χ2v) is 7.28. The lowest BCUT2D eigenvalue weighted by molar-refractivity contribution is -0.118. The highest BCUT2D eigenvalue weighted by molar-refractivity contribution is 6.31. The quantitative estimate of drug-likeness (QED) is 0.660. The summed E-state index contributed by atoms with van der Waals surface area (Å²) in [6, 6.07) is 12.4. The van der Waals surface area contributed by atoms with Gasteiger partial charge >= 0.3 is 0 Å². The topological polar surface area (TPSA) is 52.7 Å². The maximum absolute atomic E-state index is 13.2. The molecule has 0 radical (unpaired) electrons. The van der Waals surface area contributed by atoms with Gasteiger partial charge in [0.25, 0.3) is 5.91 Å². The van der Waals surface area contributed by atoms with Crippen molar-refractivity contribution in [3.63, 3.8) is 0 Å². The smallest absolute Gasteiger partial charge is 0.257 e. The van der Waals surface area contributed by atoms with Gasteiger partial charge in [0, 0.05) is 11.4 Å². The summed E-state index contributed by atoms with van der Waals surface area (Å²) < 4.78 is 0. The van der Waals surface area contributed by atoms with Crippen LogP contribution in [0.1, 0.15) is 43.5 Å². The van der Waals surface area contributed by atoms with Gasteiger partial charge < -0.3 is 10.2 Å². The van der Waals surface area contributed by atoms with Crippen LogP contribution in [-0.2, 0) is 4.79 Å². The Kier molecular flexibility index (Phi) is 6.70. The van der Waals surface area contributed by atoms with Gasteiger partial charge in [0.1, 0.15) is 0 Å². The number of hydrogen-bond acceptors (Lipinski definition) is 3. The van der Waals surface area contributed by atoms with Crippen LogP contribution in [-0.4, -0.2) is 36.3 Å². The van der Waals surface area contributed by atoms with Crippen LogP contribution < -0.4 is 10.2 Å². The lowest BCUT2D eigenvalue weighted by Gasteiger charge is -2.24. The number of rotatable bonds is 7. The molecule has 148 valence electrons. The van der Waals surface area contributed by atoms with E-state index in [0.717, 1.165) is 32.5 Å². The Balaban J connectivity index is 1.85. The molecule has 2 aromatic carbocycles. The Hall–Kier alpha value is -2.37. The van der Waals surface area contributed by atoms with E-state index in [1.807, 2.05) is 12.1 Å². The van der Waals surface area contributed by atoms with E-state index in [-0.39, 0.29) is 11.8 Å². The highest BCUT2D eigenvalue weighted by Crippen LogP contribution is 2.39. The fraction of sp³-hybridized carbons (Fsp3) is 0.364. The molecule has 0 saturated heterocycles. The summed E-state index contributed by atoms with van der Waals surface area (Å²) in [5.41, 5.74) is 2.28. The minimum Gasteiger partial charge on any atom is -0.320 e. The van der Waals surface area contributed by atoms with E-state index < -0.39 is 0 Å². The van der Waals surface area contributed by atoms with E-state index in [0.29, 0.717) is 34.1 Å². The molecule has 0 aromatic heterocycles. The molecule has 0 spiro atoms. The number of nitrogens with zero attached hydrogens (tertiary/aromatic N) is 2. The average molecular weight is 400 g/mol. The van der Waals surface area contributed by atoms with Crippen molar-refractivity contribution in [3.05, 3.63) is 53.1 Å². The second-order valence-electron chi connectivity index (χ2n) is 6.85. The standard InChI is InChI=1S/C22H26ClN3O2/c1-3-25(4-2)14-8-7-11-21(27)26-19-10-6-5-9-17(19)22(28)24-18-15-16(23)12-13-20(18)26/h5-6,9-10,12-13,15H,3-4,7-8,11,14H2,1-2H3,(H,24,28). The Labute approximate surface area is 171 Å². The van der Waals surface area contributed by atoms with Crippen LogP contribution in [0.4, 0.5) is 17.1 Å². The molecule has 1 N–H and O–H groups in total. The van der Waals surface area contributed by atoms with Gasteiger partial charge in [-0.15, -0.1) is 0 Å². The van der Waals surface area contributed by atoms with Crippen molar-refractivity contribution in [2.45, 2.75) is 33.1 Å². The summed E-state index contributed by atoms with van der Waals surface area (Å²) in [5, 5.41) is 3.39. The molecule has 0 aliphatic carbocycles. The third kappa shape index (κ3) is 4.37. The van der Waals surface area contributed by atoms with Crippen LogP contribution in [0, 0.1) is 0 Å². The van der Waals surface area contributed by atoms with Gasteiger partial charge in [0.2, 0.25) is 5.91 Å². The van der Waals surface area contributed by atoms with Crippen LogP contribution in [0.2, 0.25) is 5.02 Å². The van der Waals surface area contributed by atoms with E-state index in [1.165, 1.54) is 0 Å². The number of halogens is 1. The maximum atomic E-state index is 13.2. The van der Waals surface area contributed by atoms with Gasteiger partial charge in [0.15, 0.2) is 0 Å². The van der Waals surface area contributed by atoms with Crippen molar-refractivity contribution in [2.75, 3.05) is 29.9 Å². The van der Waals surface area contributed by atoms with Crippen molar-refractivity contribution in [3.8, 4) is 0 Å². The van der Waals surface area contributed by atoms with Gasteiger partial charge in [-0.3, -0.25) is 14.5 Å². The first-order valence-corrected chi connectivity index (χ1v) is 10.2.